The van der Waals surface area contributed by atoms with Gasteiger partial charge in [0.05, 0.1) is 6.26 Å². The second-order valence-electron chi connectivity index (χ2n) is 3.82. The summed E-state index contributed by atoms with van der Waals surface area (Å²) in [7, 11) is 0. The van der Waals surface area contributed by atoms with Crippen LogP contribution in [0.5, 0.6) is 0 Å². The van der Waals surface area contributed by atoms with Gasteiger partial charge >= 0.3 is 0 Å². The van der Waals surface area contributed by atoms with Crippen LogP contribution in [0.25, 0.3) is 11.0 Å². The number of furan rings is 1. The number of benzene rings is 1. The summed E-state index contributed by atoms with van der Waals surface area (Å²) in [4.78, 5) is 2.45. The monoisotopic (exact) mass is 187 g/mol. The first-order valence-electron chi connectivity index (χ1n) is 5.09. The molecule has 2 heteroatoms. The van der Waals surface area contributed by atoms with E-state index in [0.29, 0.717) is 6.04 Å². The van der Waals surface area contributed by atoms with Gasteiger partial charge < -0.3 is 4.42 Å². The first kappa shape index (κ1) is 8.06. The second kappa shape index (κ2) is 2.85. The lowest BCUT2D eigenvalue weighted by Gasteiger charge is -1.99. The Morgan fingerprint density at radius 2 is 2.36 bits per heavy atom. The van der Waals surface area contributed by atoms with Gasteiger partial charge in [0.2, 0.25) is 0 Å². The third-order valence-electron chi connectivity index (χ3n) is 2.98. The summed E-state index contributed by atoms with van der Waals surface area (Å²) in [5.41, 5.74) is 2.40. The first-order valence-corrected chi connectivity index (χ1v) is 5.09. The standard InChI is InChI=1S/C12H13NO/c1-2-13-8-11(13)9-3-4-12-10(7-9)5-6-14-12/h3-7,11H,2,8H2,1H3. The predicted octanol–water partition coefficient (Wildman–Crippen LogP) is 2.81. The molecular weight excluding hydrogens is 174 g/mol. The third kappa shape index (κ3) is 1.15. The number of likely N-dealkylation sites (N-methyl/N-ethyl adjacent to an activating group) is 1. The maximum Gasteiger partial charge on any atom is 0.133 e. The molecule has 1 aliphatic rings. The molecule has 14 heavy (non-hydrogen) atoms. The van der Waals surface area contributed by atoms with Crippen LogP contribution >= 0.6 is 0 Å². The Morgan fingerprint density at radius 3 is 3.14 bits per heavy atom. The highest BCUT2D eigenvalue weighted by atomic mass is 16.3. The summed E-state index contributed by atoms with van der Waals surface area (Å²) in [5, 5.41) is 1.21. The van der Waals surface area contributed by atoms with Crippen LogP contribution in [0.1, 0.15) is 18.5 Å². The van der Waals surface area contributed by atoms with Crippen molar-refractivity contribution in [3.05, 3.63) is 36.1 Å². The summed E-state index contributed by atoms with van der Waals surface area (Å²) in [6, 6.07) is 9.15. The Labute approximate surface area is 83.1 Å². The van der Waals surface area contributed by atoms with Gasteiger partial charge in [0.15, 0.2) is 0 Å². The normalized spacial score (nSPS) is 25.5. The number of hydrogen-bond donors (Lipinski definition) is 0. The van der Waals surface area contributed by atoms with Crippen molar-refractivity contribution >= 4 is 11.0 Å². The van der Waals surface area contributed by atoms with Crippen molar-refractivity contribution in [1.82, 2.24) is 4.90 Å². The number of fused-ring (bicyclic) bond motifs is 1. The minimum atomic E-state index is 0.652. The van der Waals surface area contributed by atoms with Crippen molar-refractivity contribution in [2.75, 3.05) is 13.1 Å². The predicted molar refractivity (Wildman–Crippen MR) is 56.2 cm³/mol. The lowest BCUT2D eigenvalue weighted by Crippen LogP contribution is -1.95. The van der Waals surface area contributed by atoms with Crippen LogP contribution in [-0.2, 0) is 0 Å². The van der Waals surface area contributed by atoms with E-state index in [1.807, 2.05) is 6.07 Å². The molecule has 3 rings (SSSR count). The fourth-order valence-electron chi connectivity index (χ4n) is 2.03. The van der Waals surface area contributed by atoms with Gasteiger partial charge in [0.1, 0.15) is 5.58 Å². The largest absolute Gasteiger partial charge is 0.464 e. The van der Waals surface area contributed by atoms with E-state index in [2.05, 4.69) is 30.0 Å². The highest BCUT2D eigenvalue weighted by Gasteiger charge is 2.33. The average Bonchev–Trinajstić information content (AvgIpc) is 2.87. The zero-order chi connectivity index (χ0) is 9.54. The van der Waals surface area contributed by atoms with Crippen LogP contribution in [0.15, 0.2) is 34.9 Å². The second-order valence-corrected chi connectivity index (χ2v) is 3.82. The summed E-state index contributed by atoms with van der Waals surface area (Å²) >= 11 is 0. The molecule has 1 fully saturated rings. The van der Waals surface area contributed by atoms with E-state index in [1.54, 1.807) is 6.26 Å². The SMILES string of the molecule is CCN1CC1c1ccc2occc2c1. The van der Waals surface area contributed by atoms with Gasteiger partial charge in [-0.15, -0.1) is 0 Å². The van der Waals surface area contributed by atoms with Crippen LogP contribution < -0.4 is 0 Å². The molecule has 0 saturated carbocycles. The van der Waals surface area contributed by atoms with Gasteiger partial charge in [0.25, 0.3) is 0 Å². The van der Waals surface area contributed by atoms with Crippen LogP contribution in [0.3, 0.4) is 0 Å². The van der Waals surface area contributed by atoms with Crippen LogP contribution in [0, 0.1) is 0 Å². The molecule has 2 aromatic rings. The Morgan fingerprint density at radius 1 is 1.43 bits per heavy atom. The number of nitrogens with zero attached hydrogens (tertiary/aromatic N) is 1. The van der Waals surface area contributed by atoms with E-state index in [-0.39, 0.29) is 0 Å². The van der Waals surface area contributed by atoms with E-state index >= 15 is 0 Å². The molecule has 0 aliphatic carbocycles. The molecule has 72 valence electrons. The highest BCUT2D eigenvalue weighted by Crippen LogP contribution is 2.35. The fourth-order valence-corrected chi connectivity index (χ4v) is 2.03. The van der Waals surface area contributed by atoms with Gasteiger partial charge in [-0.25, -0.2) is 0 Å². The van der Waals surface area contributed by atoms with E-state index in [4.69, 9.17) is 4.42 Å². The van der Waals surface area contributed by atoms with E-state index < -0.39 is 0 Å². The molecule has 2 atom stereocenters. The van der Waals surface area contributed by atoms with E-state index in [0.717, 1.165) is 12.1 Å². The van der Waals surface area contributed by atoms with E-state index in [9.17, 15) is 0 Å². The maximum absolute atomic E-state index is 5.31. The Hall–Kier alpha value is -1.28. The maximum atomic E-state index is 5.31. The molecule has 0 spiro atoms. The lowest BCUT2D eigenvalue weighted by atomic mass is 10.1. The Bertz CT molecular complexity index is 460. The zero-order valence-corrected chi connectivity index (χ0v) is 8.23. The molecule has 1 aromatic heterocycles. The van der Waals surface area contributed by atoms with Gasteiger partial charge in [-0.05, 0) is 30.3 Å². The van der Waals surface area contributed by atoms with Crippen molar-refractivity contribution in [1.29, 1.82) is 0 Å². The molecule has 1 aromatic carbocycles. The highest BCUT2D eigenvalue weighted by molar-refractivity contribution is 5.77. The van der Waals surface area contributed by atoms with E-state index in [1.165, 1.54) is 17.5 Å². The fraction of sp³-hybridized carbons (Fsp3) is 0.333. The number of rotatable bonds is 2. The molecule has 1 aliphatic heterocycles. The molecule has 2 unspecified atom stereocenters. The summed E-state index contributed by atoms with van der Waals surface area (Å²) in [5.74, 6) is 0. The van der Waals surface area contributed by atoms with Gasteiger partial charge in [-0.1, -0.05) is 13.0 Å². The van der Waals surface area contributed by atoms with Crippen LogP contribution in [-0.4, -0.2) is 18.0 Å². The van der Waals surface area contributed by atoms with Gasteiger partial charge in [-0.3, -0.25) is 4.90 Å². The zero-order valence-electron chi connectivity index (χ0n) is 8.23. The Kier molecular flexibility index (Phi) is 1.64. The molecule has 0 radical (unpaired) electrons. The summed E-state index contributed by atoms with van der Waals surface area (Å²) < 4.78 is 5.31. The molecule has 0 amide bonds. The minimum absolute atomic E-state index is 0.652. The van der Waals surface area contributed by atoms with Crippen molar-refractivity contribution < 1.29 is 4.42 Å². The first-order chi connectivity index (χ1) is 6.88. The minimum Gasteiger partial charge on any atom is -0.464 e. The average molecular weight is 187 g/mol. The molecule has 2 heterocycles. The molecule has 2 nitrogen and oxygen atoms in total. The van der Waals surface area contributed by atoms with Crippen molar-refractivity contribution in [3.8, 4) is 0 Å². The molecule has 0 N–H and O–H groups in total. The Balaban J connectivity index is 1.98. The van der Waals surface area contributed by atoms with Crippen LogP contribution in [0.2, 0.25) is 0 Å². The van der Waals surface area contributed by atoms with Gasteiger partial charge in [-0.2, -0.15) is 0 Å². The third-order valence-corrected chi connectivity index (χ3v) is 2.98. The number of hydrogen-bond acceptors (Lipinski definition) is 2. The molecule has 0 bridgehead atoms. The quantitative estimate of drug-likeness (QED) is 0.672. The van der Waals surface area contributed by atoms with Crippen molar-refractivity contribution in [2.24, 2.45) is 0 Å². The molecular formula is C12H13NO. The van der Waals surface area contributed by atoms with Crippen molar-refractivity contribution in [3.63, 3.8) is 0 Å². The lowest BCUT2D eigenvalue weighted by molar-refractivity contribution is 0.544. The summed E-state index contributed by atoms with van der Waals surface area (Å²) in [6.45, 7) is 4.56. The van der Waals surface area contributed by atoms with Crippen molar-refractivity contribution in [2.45, 2.75) is 13.0 Å². The topological polar surface area (TPSA) is 16.1 Å². The smallest absolute Gasteiger partial charge is 0.133 e. The molecule has 1 saturated heterocycles. The van der Waals surface area contributed by atoms with Gasteiger partial charge in [0, 0.05) is 18.0 Å². The summed E-state index contributed by atoms with van der Waals surface area (Å²) in [6.07, 6.45) is 1.75. The van der Waals surface area contributed by atoms with Crippen LogP contribution in [0.4, 0.5) is 0 Å².